The molecule has 0 bridgehead atoms. The number of rotatable bonds is 2. The van der Waals surface area contributed by atoms with Gasteiger partial charge in [-0.05, 0) is 6.92 Å². The lowest BCUT2D eigenvalue weighted by Gasteiger charge is -1.94. The molecule has 1 radical (unpaired) electrons. The van der Waals surface area contributed by atoms with E-state index in [1.807, 2.05) is 0 Å². The third kappa shape index (κ3) is 1.70. The predicted octanol–water partition coefficient (Wildman–Crippen LogP) is 0.995. The Labute approximate surface area is 62.6 Å². The third-order valence-electron chi connectivity index (χ3n) is 0.961. The Balaban J connectivity index is 2.69. The largest absolute Gasteiger partial charge is 0.460 e. The molecule has 0 N–H and O–H groups in total. The van der Waals surface area contributed by atoms with Crippen molar-refractivity contribution >= 4 is 5.97 Å². The molecule has 0 saturated carbocycles. The van der Waals surface area contributed by atoms with Gasteiger partial charge >= 0.3 is 12.0 Å². The van der Waals surface area contributed by atoms with Crippen LogP contribution in [0.1, 0.15) is 17.5 Å². The minimum Gasteiger partial charge on any atom is -0.460 e. The van der Waals surface area contributed by atoms with Gasteiger partial charge in [0.2, 0.25) is 5.76 Å². The lowest BCUT2D eigenvalue weighted by Crippen LogP contribution is -2.02. The highest BCUT2D eigenvalue weighted by atomic mass is 16.6. The van der Waals surface area contributed by atoms with Gasteiger partial charge in [-0.3, -0.25) is 0 Å². The van der Waals surface area contributed by atoms with Crippen molar-refractivity contribution in [2.45, 2.75) is 6.92 Å². The highest BCUT2D eigenvalue weighted by molar-refractivity contribution is 5.85. The van der Waals surface area contributed by atoms with E-state index in [0.717, 1.165) is 6.20 Å². The van der Waals surface area contributed by atoms with Crippen molar-refractivity contribution in [2.75, 3.05) is 6.61 Å². The molecule has 0 unspecified atom stereocenters. The van der Waals surface area contributed by atoms with Crippen LogP contribution in [0.15, 0.2) is 10.6 Å². The molecule has 0 amide bonds. The van der Waals surface area contributed by atoms with Crippen molar-refractivity contribution in [1.82, 2.24) is 4.98 Å². The SMILES string of the molecule is CCOC(=O)c1cnc([O])o1. The van der Waals surface area contributed by atoms with E-state index in [-0.39, 0.29) is 12.4 Å². The smallest absolute Gasteiger partial charge is 0.439 e. The molecule has 0 aliphatic rings. The zero-order chi connectivity index (χ0) is 8.27. The molecule has 5 nitrogen and oxygen atoms in total. The normalized spacial score (nSPS) is 9.55. The van der Waals surface area contributed by atoms with Crippen molar-refractivity contribution in [2.24, 2.45) is 0 Å². The summed E-state index contributed by atoms with van der Waals surface area (Å²) >= 11 is 0. The molecule has 1 aromatic rings. The number of oxazole rings is 1. The summed E-state index contributed by atoms with van der Waals surface area (Å²) in [5, 5.41) is 10.3. The van der Waals surface area contributed by atoms with Gasteiger partial charge in [-0.2, -0.15) is 4.98 Å². The van der Waals surface area contributed by atoms with Crippen LogP contribution in [0.2, 0.25) is 0 Å². The monoisotopic (exact) mass is 156 g/mol. The summed E-state index contributed by atoms with van der Waals surface area (Å²) in [6.45, 7) is 1.90. The van der Waals surface area contributed by atoms with Crippen LogP contribution in [0.25, 0.3) is 0 Å². The van der Waals surface area contributed by atoms with Crippen molar-refractivity contribution in [3.8, 4) is 6.08 Å². The lowest BCUT2D eigenvalue weighted by molar-refractivity contribution is 0.0479. The molecule has 0 saturated heterocycles. The minimum absolute atomic E-state index is 0.156. The third-order valence-corrected chi connectivity index (χ3v) is 0.961. The molecule has 1 heterocycles. The second-order valence-corrected chi connectivity index (χ2v) is 1.71. The number of hydrogen-bond donors (Lipinski definition) is 0. The second-order valence-electron chi connectivity index (χ2n) is 1.71. The molecule has 1 aromatic heterocycles. The van der Waals surface area contributed by atoms with E-state index in [2.05, 4.69) is 14.1 Å². The molecule has 59 valence electrons. The Bertz CT molecular complexity index is 255. The van der Waals surface area contributed by atoms with E-state index in [1.54, 1.807) is 6.92 Å². The van der Waals surface area contributed by atoms with Crippen molar-refractivity contribution < 1.29 is 19.1 Å². The molecule has 0 atom stereocenters. The number of hydrogen-bond acceptors (Lipinski definition) is 4. The number of ether oxygens (including phenoxy) is 1. The van der Waals surface area contributed by atoms with E-state index in [9.17, 15) is 9.90 Å². The predicted molar refractivity (Wildman–Crippen MR) is 32.6 cm³/mol. The Morgan fingerprint density at radius 2 is 2.55 bits per heavy atom. The van der Waals surface area contributed by atoms with E-state index < -0.39 is 12.0 Å². The van der Waals surface area contributed by atoms with Gasteiger partial charge in [0.25, 0.3) is 0 Å². The average Bonchev–Trinajstić information content (AvgIpc) is 2.36. The molecule has 0 aromatic carbocycles. The first kappa shape index (κ1) is 7.59. The van der Waals surface area contributed by atoms with Crippen LogP contribution in [-0.4, -0.2) is 17.6 Å². The topological polar surface area (TPSA) is 72.2 Å². The fourth-order valence-corrected chi connectivity index (χ4v) is 0.555. The quantitative estimate of drug-likeness (QED) is 0.598. The molecule has 0 spiro atoms. The maximum absolute atomic E-state index is 10.8. The molecule has 0 aliphatic carbocycles. The molecular formula is C6H6NO4. The summed E-state index contributed by atoms with van der Waals surface area (Å²) < 4.78 is 8.89. The maximum atomic E-state index is 10.8. The maximum Gasteiger partial charge on any atom is 0.439 e. The lowest BCUT2D eigenvalue weighted by atomic mass is 10.5. The van der Waals surface area contributed by atoms with Crippen molar-refractivity contribution in [3.05, 3.63) is 12.0 Å². The number of esters is 1. The number of carbonyl (C=O) groups is 1. The summed E-state index contributed by atoms with van der Waals surface area (Å²) in [6, 6.07) is 0. The fourth-order valence-electron chi connectivity index (χ4n) is 0.555. The van der Waals surface area contributed by atoms with E-state index in [4.69, 9.17) is 0 Å². The Morgan fingerprint density at radius 1 is 1.82 bits per heavy atom. The highest BCUT2D eigenvalue weighted by Crippen LogP contribution is 2.10. The number of nitrogens with zero attached hydrogens (tertiary/aromatic N) is 1. The first-order valence-corrected chi connectivity index (χ1v) is 3.04. The van der Waals surface area contributed by atoms with Gasteiger partial charge in [0.15, 0.2) is 0 Å². The Morgan fingerprint density at radius 3 is 3.00 bits per heavy atom. The zero-order valence-electron chi connectivity index (χ0n) is 5.86. The van der Waals surface area contributed by atoms with Gasteiger partial charge in [0.05, 0.1) is 12.8 Å². The number of carbonyl (C=O) groups excluding carboxylic acids is 1. The van der Waals surface area contributed by atoms with Crippen molar-refractivity contribution in [3.63, 3.8) is 0 Å². The Hall–Kier alpha value is -1.52. The second kappa shape index (κ2) is 3.05. The summed E-state index contributed by atoms with van der Waals surface area (Å²) in [7, 11) is 0. The van der Waals surface area contributed by atoms with E-state index in [0.29, 0.717) is 0 Å². The van der Waals surface area contributed by atoms with Gasteiger partial charge < -0.3 is 9.15 Å². The van der Waals surface area contributed by atoms with Crippen LogP contribution in [0.3, 0.4) is 0 Å². The fraction of sp³-hybridized carbons (Fsp3) is 0.333. The van der Waals surface area contributed by atoms with Gasteiger partial charge in [0, 0.05) is 0 Å². The standard InChI is InChI=1S/C6H6NO4/c1-2-10-5(8)4-3-7-6(9)11-4/h3H,2H2,1H3. The molecular weight excluding hydrogens is 150 g/mol. The van der Waals surface area contributed by atoms with Crippen LogP contribution >= 0.6 is 0 Å². The highest BCUT2D eigenvalue weighted by Gasteiger charge is 2.12. The summed E-state index contributed by atoms with van der Waals surface area (Å²) in [5.74, 6) is -0.820. The van der Waals surface area contributed by atoms with Gasteiger partial charge in [-0.1, -0.05) is 0 Å². The van der Waals surface area contributed by atoms with Gasteiger partial charge in [0.1, 0.15) is 0 Å². The van der Waals surface area contributed by atoms with Gasteiger partial charge in [-0.25, -0.2) is 9.90 Å². The first-order chi connectivity index (χ1) is 5.24. The van der Waals surface area contributed by atoms with E-state index >= 15 is 0 Å². The molecule has 0 aliphatic heterocycles. The number of aromatic nitrogens is 1. The average molecular weight is 156 g/mol. The molecule has 0 fully saturated rings. The molecule has 11 heavy (non-hydrogen) atoms. The Kier molecular flexibility index (Phi) is 2.10. The summed E-state index contributed by atoms with van der Waals surface area (Å²) in [4.78, 5) is 14.0. The summed E-state index contributed by atoms with van der Waals surface area (Å²) in [6.07, 6.45) is 0.258. The van der Waals surface area contributed by atoms with Crippen LogP contribution in [0.5, 0.6) is 6.08 Å². The van der Waals surface area contributed by atoms with Crippen LogP contribution in [0, 0.1) is 0 Å². The first-order valence-electron chi connectivity index (χ1n) is 3.04. The minimum atomic E-state index is -0.784. The molecule has 5 heteroatoms. The van der Waals surface area contributed by atoms with Crippen LogP contribution in [-0.2, 0) is 9.84 Å². The molecule has 1 rings (SSSR count). The van der Waals surface area contributed by atoms with Crippen LogP contribution < -0.4 is 0 Å². The van der Waals surface area contributed by atoms with Crippen molar-refractivity contribution in [1.29, 1.82) is 0 Å². The van der Waals surface area contributed by atoms with Gasteiger partial charge in [-0.15, -0.1) is 0 Å². The van der Waals surface area contributed by atoms with E-state index in [1.165, 1.54) is 0 Å². The summed E-state index contributed by atoms with van der Waals surface area (Å²) in [5.41, 5.74) is 0. The zero-order valence-corrected chi connectivity index (χ0v) is 5.86. The van der Waals surface area contributed by atoms with Crippen LogP contribution in [0.4, 0.5) is 0 Å².